The van der Waals surface area contributed by atoms with E-state index >= 15 is 0 Å². The maximum absolute atomic E-state index is 11.7. The minimum atomic E-state index is -3.04. The fraction of sp³-hybridized carbons (Fsp3) is 0.350. The first-order valence-corrected chi connectivity index (χ1v) is 10.3. The van der Waals surface area contributed by atoms with Gasteiger partial charge in [-0.1, -0.05) is 31.0 Å². The number of aryl methyl sites for hydroxylation is 1. The Morgan fingerprint density at radius 2 is 1.63 bits per heavy atom. The predicted molar refractivity (Wildman–Crippen MR) is 104 cm³/mol. The average molecular weight is 394 g/mol. The summed E-state index contributed by atoms with van der Waals surface area (Å²) in [4.78, 5) is 11.5. The van der Waals surface area contributed by atoms with Crippen LogP contribution in [0.25, 0.3) is 0 Å². The molecule has 2 aromatic carbocycles. The largest absolute Gasteiger partial charge is 0.504 e. The third-order valence-corrected chi connectivity index (χ3v) is 5.45. The first-order valence-electron chi connectivity index (χ1n) is 8.69. The van der Waals surface area contributed by atoms with Crippen LogP contribution in [0.4, 0.5) is 0 Å². The minimum Gasteiger partial charge on any atom is -0.504 e. The standard InChI is InChI=1S/C11H16O2S.C9H10O4/c1-3-4-9-14(12,13)11-7-5-10(2)6-8-11;1-2-13-9(12)6-3-4-7(10)8(11)5-6/h5-8H,3-4,9H2,1-2H3;3-5,10-11H,2H2,1H3. The molecule has 0 aliphatic heterocycles. The van der Waals surface area contributed by atoms with Crippen LogP contribution in [0.1, 0.15) is 42.6 Å². The van der Waals surface area contributed by atoms with Crippen molar-refractivity contribution in [1.82, 2.24) is 0 Å². The van der Waals surface area contributed by atoms with Gasteiger partial charge < -0.3 is 14.9 Å². The molecule has 2 N–H and O–H groups in total. The Kier molecular flexibility index (Phi) is 8.81. The van der Waals surface area contributed by atoms with Crippen molar-refractivity contribution < 1.29 is 28.2 Å². The molecule has 0 aromatic heterocycles. The molecule has 27 heavy (non-hydrogen) atoms. The summed E-state index contributed by atoms with van der Waals surface area (Å²) in [6.45, 7) is 5.91. The Bertz CT molecular complexity index is 841. The normalized spacial score (nSPS) is 10.6. The molecule has 2 rings (SSSR count). The van der Waals surface area contributed by atoms with Gasteiger partial charge in [-0.15, -0.1) is 0 Å². The number of hydrogen-bond donors (Lipinski definition) is 2. The van der Waals surface area contributed by atoms with Crippen LogP contribution < -0.4 is 0 Å². The molecule has 0 unspecified atom stereocenters. The summed E-state index contributed by atoms with van der Waals surface area (Å²) >= 11 is 0. The zero-order valence-corrected chi connectivity index (χ0v) is 16.6. The number of aromatic hydroxyl groups is 2. The molecule has 0 spiro atoms. The van der Waals surface area contributed by atoms with Crippen molar-refractivity contribution >= 4 is 15.8 Å². The molecule has 0 saturated heterocycles. The van der Waals surface area contributed by atoms with Crippen molar-refractivity contribution in [3.8, 4) is 11.5 Å². The van der Waals surface area contributed by atoms with E-state index in [4.69, 9.17) is 14.9 Å². The Balaban J connectivity index is 0.000000271. The second-order valence-corrected chi connectivity index (χ2v) is 8.02. The Labute approximate surface area is 160 Å². The lowest BCUT2D eigenvalue weighted by Gasteiger charge is -2.03. The van der Waals surface area contributed by atoms with E-state index in [-0.39, 0.29) is 29.4 Å². The number of esters is 1. The second kappa shape index (κ2) is 10.6. The van der Waals surface area contributed by atoms with Crippen LogP contribution in [-0.4, -0.2) is 37.0 Å². The highest BCUT2D eigenvalue weighted by Gasteiger charge is 2.12. The van der Waals surface area contributed by atoms with E-state index in [1.165, 1.54) is 12.1 Å². The molecule has 6 nitrogen and oxygen atoms in total. The van der Waals surface area contributed by atoms with Gasteiger partial charge in [-0.05, 0) is 50.6 Å². The maximum Gasteiger partial charge on any atom is 0.338 e. The molecule has 0 atom stereocenters. The highest BCUT2D eigenvalue weighted by Crippen LogP contribution is 2.25. The number of carbonyl (C=O) groups excluding carboxylic acids is 1. The van der Waals surface area contributed by atoms with Crippen LogP contribution in [0.2, 0.25) is 0 Å². The van der Waals surface area contributed by atoms with Gasteiger partial charge in [-0.2, -0.15) is 0 Å². The molecule has 2 aromatic rings. The van der Waals surface area contributed by atoms with Crippen LogP contribution in [0.15, 0.2) is 47.4 Å². The molecule has 148 valence electrons. The number of ether oxygens (including phenoxy) is 1. The third kappa shape index (κ3) is 7.30. The molecule has 0 amide bonds. The molecule has 0 radical (unpaired) electrons. The fourth-order valence-corrected chi connectivity index (χ4v) is 3.52. The van der Waals surface area contributed by atoms with Gasteiger partial charge >= 0.3 is 5.97 Å². The van der Waals surface area contributed by atoms with Gasteiger partial charge in [-0.3, -0.25) is 0 Å². The quantitative estimate of drug-likeness (QED) is 0.570. The summed E-state index contributed by atoms with van der Waals surface area (Å²) in [7, 11) is -3.04. The van der Waals surface area contributed by atoms with E-state index < -0.39 is 15.8 Å². The van der Waals surface area contributed by atoms with Crippen molar-refractivity contribution in [1.29, 1.82) is 0 Å². The van der Waals surface area contributed by atoms with E-state index in [0.717, 1.165) is 24.5 Å². The van der Waals surface area contributed by atoms with Crippen LogP contribution in [0.5, 0.6) is 11.5 Å². The van der Waals surface area contributed by atoms with Crippen molar-refractivity contribution in [2.45, 2.75) is 38.5 Å². The van der Waals surface area contributed by atoms with E-state index in [1.807, 2.05) is 26.0 Å². The number of hydrogen-bond acceptors (Lipinski definition) is 6. The number of phenolic OH excluding ortho intramolecular Hbond substituents is 2. The van der Waals surface area contributed by atoms with E-state index in [0.29, 0.717) is 4.90 Å². The van der Waals surface area contributed by atoms with Crippen molar-refractivity contribution in [2.24, 2.45) is 0 Å². The summed E-state index contributed by atoms with van der Waals surface area (Å²) in [5.41, 5.74) is 1.30. The van der Waals surface area contributed by atoms with Gasteiger partial charge in [0.15, 0.2) is 21.3 Å². The monoisotopic (exact) mass is 394 g/mol. The van der Waals surface area contributed by atoms with Crippen LogP contribution in [0.3, 0.4) is 0 Å². The van der Waals surface area contributed by atoms with Gasteiger partial charge in [0.05, 0.1) is 22.8 Å². The summed E-state index contributed by atoms with van der Waals surface area (Å²) < 4.78 is 28.1. The van der Waals surface area contributed by atoms with Crippen LogP contribution >= 0.6 is 0 Å². The number of phenols is 2. The number of carbonyl (C=O) groups is 1. The first-order chi connectivity index (χ1) is 12.7. The average Bonchev–Trinajstić information content (AvgIpc) is 2.63. The van der Waals surface area contributed by atoms with Gasteiger partial charge in [-0.25, -0.2) is 13.2 Å². The zero-order chi connectivity index (χ0) is 20.4. The molecular formula is C20H26O6S. The lowest BCUT2D eigenvalue weighted by atomic mass is 10.2. The van der Waals surface area contributed by atoms with Gasteiger partial charge in [0.1, 0.15) is 0 Å². The van der Waals surface area contributed by atoms with Crippen molar-refractivity contribution in [3.63, 3.8) is 0 Å². The van der Waals surface area contributed by atoms with Crippen molar-refractivity contribution in [2.75, 3.05) is 12.4 Å². The molecule has 0 saturated carbocycles. The first kappa shape index (κ1) is 22.5. The minimum absolute atomic E-state index is 0.220. The lowest BCUT2D eigenvalue weighted by Crippen LogP contribution is -2.06. The predicted octanol–water partition coefficient (Wildman–Crippen LogP) is 3.84. The Hall–Kier alpha value is -2.54. The summed E-state index contributed by atoms with van der Waals surface area (Å²) in [5.74, 6) is -0.844. The summed E-state index contributed by atoms with van der Waals surface area (Å²) in [6.07, 6.45) is 1.64. The molecule has 0 bridgehead atoms. The molecule has 7 heteroatoms. The van der Waals surface area contributed by atoms with Crippen LogP contribution in [-0.2, 0) is 14.6 Å². The number of sulfone groups is 1. The highest BCUT2D eigenvalue weighted by molar-refractivity contribution is 7.91. The Morgan fingerprint density at radius 1 is 1.00 bits per heavy atom. The fourth-order valence-electron chi connectivity index (χ4n) is 2.06. The highest BCUT2D eigenvalue weighted by atomic mass is 32.2. The lowest BCUT2D eigenvalue weighted by molar-refractivity contribution is 0.0526. The molecule has 0 fully saturated rings. The zero-order valence-electron chi connectivity index (χ0n) is 15.8. The molecule has 0 aliphatic carbocycles. The van der Waals surface area contributed by atoms with E-state index in [2.05, 4.69) is 0 Å². The number of benzene rings is 2. The molecule has 0 aliphatic rings. The van der Waals surface area contributed by atoms with E-state index in [1.54, 1.807) is 19.1 Å². The third-order valence-electron chi connectivity index (χ3n) is 3.63. The maximum atomic E-state index is 11.7. The second-order valence-electron chi connectivity index (χ2n) is 5.91. The van der Waals surface area contributed by atoms with Gasteiger partial charge in [0, 0.05) is 0 Å². The smallest absolute Gasteiger partial charge is 0.338 e. The van der Waals surface area contributed by atoms with E-state index in [9.17, 15) is 13.2 Å². The molecule has 0 heterocycles. The molecular weight excluding hydrogens is 368 g/mol. The van der Waals surface area contributed by atoms with Gasteiger partial charge in [0.25, 0.3) is 0 Å². The number of rotatable bonds is 6. The summed E-state index contributed by atoms with van der Waals surface area (Å²) in [6, 6.07) is 10.8. The van der Waals surface area contributed by atoms with Crippen molar-refractivity contribution in [3.05, 3.63) is 53.6 Å². The Morgan fingerprint density at radius 3 is 2.15 bits per heavy atom. The number of unbranched alkanes of at least 4 members (excludes halogenated alkanes) is 1. The van der Waals surface area contributed by atoms with Crippen LogP contribution in [0, 0.1) is 6.92 Å². The SMILES string of the molecule is CCCCS(=O)(=O)c1ccc(C)cc1.CCOC(=O)c1ccc(O)c(O)c1. The summed E-state index contributed by atoms with van der Waals surface area (Å²) in [5, 5.41) is 18.0. The topological polar surface area (TPSA) is 101 Å². The van der Waals surface area contributed by atoms with Gasteiger partial charge in [0.2, 0.25) is 0 Å².